The number of nitrogens with zero attached hydrogens (tertiary/aromatic N) is 2. The lowest BCUT2D eigenvalue weighted by atomic mass is 10.0. The van der Waals surface area contributed by atoms with E-state index in [0.717, 1.165) is 25.9 Å². The van der Waals surface area contributed by atoms with Crippen molar-refractivity contribution in [3.63, 3.8) is 0 Å². The van der Waals surface area contributed by atoms with E-state index < -0.39 is 10.0 Å². The number of halogens is 1. The molecule has 1 aliphatic heterocycles. The molecular formula is C16H20ClN3O3S. The van der Waals surface area contributed by atoms with Crippen molar-refractivity contribution in [3.8, 4) is 6.07 Å². The van der Waals surface area contributed by atoms with Crippen LogP contribution in [-0.2, 0) is 14.8 Å². The monoisotopic (exact) mass is 369 g/mol. The van der Waals surface area contributed by atoms with Crippen molar-refractivity contribution in [2.75, 3.05) is 19.6 Å². The molecule has 24 heavy (non-hydrogen) atoms. The molecule has 1 aromatic rings. The van der Waals surface area contributed by atoms with Gasteiger partial charge in [-0.2, -0.15) is 5.26 Å². The topological polar surface area (TPSA) is 90.3 Å². The third-order valence-corrected chi connectivity index (χ3v) is 5.80. The summed E-state index contributed by atoms with van der Waals surface area (Å²) in [6, 6.07) is 5.77. The van der Waals surface area contributed by atoms with Crippen LogP contribution in [0.25, 0.3) is 0 Å². The van der Waals surface area contributed by atoms with Crippen LogP contribution in [0, 0.1) is 17.2 Å². The van der Waals surface area contributed by atoms with Gasteiger partial charge in [-0.15, -0.1) is 0 Å². The lowest BCUT2D eigenvalue weighted by Crippen LogP contribution is -2.40. The van der Waals surface area contributed by atoms with Gasteiger partial charge in [-0.1, -0.05) is 18.5 Å². The molecule has 1 aromatic carbocycles. The third-order valence-electron chi connectivity index (χ3n) is 4.01. The molecule has 0 aliphatic carbocycles. The van der Waals surface area contributed by atoms with Gasteiger partial charge < -0.3 is 4.90 Å². The Bertz CT molecular complexity index is 758. The minimum absolute atomic E-state index is 0.0244. The molecule has 0 radical (unpaired) electrons. The fraction of sp³-hybridized carbons (Fsp3) is 0.500. The quantitative estimate of drug-likeness (QED) is 0.860. The minimum Gasteiger partial charge on any atom is -0.342 e. The first-order valence-electron chi connectivity index (χ1n) is 7.80. The molecule has 0 spiro atoms. The van der Waals surface area contributed by atoms with Crippen LogP contribution >= 0.6 is 11.6 Å². The number of nitrogens with one attached hydrogen (secondary N) is 1. The van der Waals surface area contributed by atoms with E-state index >= 15 is 0 Å². The highest BCUT2D eigenvalue weighted by Crippen LogP contribution is 2.20. The molecule has 1 saturated heterocycles. The summed E-state index contributed by atoms with van der Waals surface area (Å²) in [5, 5.41) is 9.12. The number of benzene rings is 1. The number of sulfonamides is 1. The van der Waals surface area contributed by atoms with Crippen LogP contribution in [0.5, 0.6) is 0 Å². The van der Waals surface area contributed by atoms with Crippen molar-refractivity contribution in [1.82, 2.24) is 9.62 Å². The van der Waals surface area contributed by atoms with Gasteiger partial charge in [0, 0.05) is 26.1 Å². The third kappa shape index (κ3) is 4.69. The molecule has 1 heterocycles. The summed E-state index contributed by atoms with van der Waals surface area (Å²) in [6.45, 7) is 3.60. The number of carbonyl (C=O) groups is 1. The number of hydrogen-bond acceptors (Lipinski definition) is 4. The smallest absolute Gasteiger partial charge is 0.240 e. The lowest BCUT2D eigenvalue weighted by Gasteiger charge is -2.31. The van der Waals surface area contributed by atoms with Gasteiger partial charge in [0.15, 0.2) is 0 Å². The van der Waals surface area contributed by atoms with E-state index in [2.05, 4.69) is 11.6 Å². The van der Waals surface area contributed by atoms with Gasteiger partial charge >= 0.3 is 0 Å². The summed E-state index contributed by atoms with van der Waals surface area (Å²) < 4.78 is 26.9. The number of piperidine rings is 1. The Balaban J connectivity index is 1.93. The molecule has 1 N–H and O–H groups in total. The second-order valence-electron chi connectivity index (χ2n) is 5.99. The Hall–Kier alpha value is -1.62. The first-order chi connectivity index (χ1) is 11.3. The minimum atomic E-state index is -3.78. The SMILES string of the molecule is CC1CCCN(C(=O)CCNS(=O)(=O)c2ccc(Cl)c(C#N)c2)C1. The summed E-state index contributed by atoms with van der Waals surface area (Å²) in [6.07, 6.45) is 2.22. The number of hydrogen-bond donors (Lipinski definition) is 1. The maximum absolute atomic E-state index is 12.2. The highest BCUT2D eigenvalue weighted by atomic mass is 35.5. The molecule has 8 heteroatoms. The highest BCUT2D eigenvalue weighted by molar-refractivity contribution is 7.89. The summed E-state index contributed by atoms with van der Waals surface area (Å²) in [5.74, 6) is 0.441. The largest absolute Gasteiger partial charge is 0.342 e. The molecule has 1 unspecified atom stereocenters. The van der Waals surface area contributed by atoms with Gasteiger partial charge in [-0.25, -0.2) is 13.1 Å². The molecule has 0 aromatic heterocycles. The fourth-order valence-corrected chi connectivity index (χ4v) is 3.92. The van der Waals surface area contributed by atoms with Crippen molar-refractivity contribution in [2.24, 2.45) is 5.92 Å². The number of amides is 1. The number of rotatable bonds is 5. The zero-order valence-electron chi connectivity index (χ0n) is 13.5. The number of nitriles is 1. The normalized spacial score (nSPS) is 18.2. The van der Waals surface area contributed by atoms with Gasteiger partial charge in [-0.3, -0.25) is 4.79 Å². The lowest BCUT2D eigenvalue weighted by molar-refractivity contribution is -0.132. The van der Waals surface area contributed by atoms with Crippen molar-refractivity contribution < 1.29 is 13.2 Å². The van der Waals surface area contributed by atoms with Crippen LogP contribution in [0.4, 0.5) is 0 Å². The molecule has 1 amide bonds. The van der Waals surface area contributed by atoms with Crippen LogP contribution in [0.3, 0.4) is 0 Å². The van der Waals surface area contributed by atoms with Crippen LogP contribution < -0.4 is 4.72 Å². The Labute approximate surface area is 147 Å². The molecular weight excluding hydrogens is 350 g/mol. The Morgan fingerprint density at radius 2 is 2.25 bits per heavy atom. The highest BCUT2D eigenvalue weighted by Gasteiger charge is 2.21. The van der Waals surface area contributed by atoms with Gasteiger partial charge in [0.05, 0.1) is 15.5 Å². The first-order valence-corrected chi connectivity index (χ1v) is 9.66. The predicted molar refractivity (Wildman–Crippen MR) is 91.0 cm³/mol. The first kappa shape index (κ1) is 18.7. The second-order valence-corrected chi connectivity index (χ2v) is 8.16. The van der Waals surface area contributed by atoms with Gasteiger partial charge in [-0.05, 0) is 37.0 Å². The van der Waals surface area contributed by atoms with E-state index in [-0.39, 0.29) is 34.4 Å². The Kier molecular flexibility index (Phi) is 6.21. The average molecular weight is 370 g/mol. The van der Waals surface area contributed by atoms with E-state index in [1.807, 2.05) is 6.07 Å². The second kappa shape index (κ2) is 7.97. The zero-order valence-corrected chi connectivity index (χ0v) is 15.0. The van der Waals surface area contributed by atoms with Crippen LogP contribution in [0.15, 0.2) is 23.1 Å². The molecule has 1 atom stereocenters. The van der Waals surface area contributed by atoms with Crippen LogP contribution in [0.2, 0.25) is 5.02 Å². The van der Waals surface area contributed by atoms with Gasteiger partial charge in [0.1, 0.15) is 6.07 Å². The van der Waals surface area contributed by atoms with Crippen molar-refractivity contribution >= 4 is 27.5 Å². The predicted octanol–water partition coefficient (Wildman–Crippen LogP) is 2.14. The summed E-state index contributed by atoms with van der Waals surface area (Å²) in [7, 11) is -3.78. The maximum atomic E-state index is 12.2. The molecule has 6 nitrogen and oxygen atoms in total. The molecule has 1 aliphatic rings. The van der Waals surface area contributed by atoms with Crippen LogP contribution in [0.1, 0.15) is 31.7 Å². The standard InChI is InChI=1S/C16H20ClN3O3S/c1-12-3-2-8-20(11-12)16(21)6-7-19-24(22,23)14-4-5-15(17)13(9-14)10-18/h4-5,9,12,19H,2-3,6-8,11H2,1H3. The number of likely N-dealkylation sites (tertiary alicyclic amines) is 1. The van der Waals surface area contributed by atoms with E-state index in [0.29, 0.717) is 5.92 Å². The van der Waals surface area contributed by atoms with Crippen molar-refractivity contribution in [3.05, 3.63) is 28.8 Å². The molecule has 2 rings (SSSR count). The van der Waals surface area contributed by atoms with Crippen LogP contribution in [-0.4, -0.2) is 38.9 Å². The van der Waals surface area contributed by atoms with Gasteiger partial charge in [0.2, 0.25) is 15.9 Å². The average Bonchev–Trinajstić information content (AvgIpc) is 2.54. The van der Waals surface area contributed by atoms with Crippen molar-refractivity contribution in [2.45, 2.75) is 31.1 Å². The Morgan fingerprint density at radius 3 is 2.92 bits per heavy atom. The number of carbonyl (C=O) groups excluding carboxylic acids is 1. The summed E-state index contributed by atoms with van der Waals surface area (Å²) >= 11 is 5.80. The Morgan fingerprint density at radius 1 is 1.50 bits per heavy atom. The van der Waals surface area contributed by atoms with E-state index in [1.54, 1.807) is 4.90 Å². The van der Waals surface area contributed by atoms with E-state index in [1.165, 1.54) is 18.2 Å². The van der Waals surface area contributed by atoms with Crippen molar-refractivity contribution in [1.29, 1.82) is 5.26 Å². The summed E-state index contributed by atoms with van der Waals surface area (Å²) in [5.41, 5.74) is 0.0953. The molecule has 0 bridgehead atoms. The molecule has 130 valence electrons. The zero-order chi connectivity index (χ0) is 17.7. The fourth-order valence-electron chi connectivity index (χ4n) is 2.71. The molecule has 1 fully saturated rings. The van der Waals surface area contributed by atoms with Gasteiger partial charge in [0.25, 0.3) is 0 Å². The summed E-state index contributed by atoms with van der Waals surface area (Å²) in [4.78, 5) is 13.9. The molecule has 0 saturated carbocycles. The maximum Gasteiger partial charge on any atom is 0.240 e. The van der Waals surface area contributed by atoms with E-state index in [9.17, 15) is 13.2 Å². The van der Waals surface area contributed by atoms with E-state index in [4.69, 9.17) is 16.9 Å².